The lowest BCUT2D eigenvalue weighted by molar-refractivity contribution is -0.101. The summed E-state index contributed by atoms with van der Waals surface area (Å²) in [5, 5.41) is 9.34. The Bertz CT molecular complexity index is 434. The van der Waals surface area contributed by atoms with E-state index in [1.54, 1.807) is 6.20 Å². The number of hydrogen-bond donors (Lipinski definition) is 2. The second-order valence-corrected chi connectivity index (χ2v) is 5.80. The van der Waals surface area contributed by atoms with Crippen LogP contribution in [0.3, 0.4) is 0 Å². The first-order valence-corrected chi connectivity index (χ1v) is 6.66. The van der Waals surface area contributed by atoms with Gasteiger partial charge in [0.15, 0.2) is 0 Å². The zero-order chi connectivity index (χ0) is 14.0. The van der Waals surface area contributed by atoms with Crippen LogP contribution in [0.1, 0.15) is 32.4 Å². The molecule has 1 aliphatic rings. The van der Waals surface area contributed by atoms with Crippen LogP contribution in [0, 0.1) is 0 Å². The lowest BCUT2D eigenvalue weighted by Gasteiger charge is -2.43. The van der Waals surface area contributed by atoms with Crippen molar-refractivity contribution in [3.63, 3.8) is 0 Å². The van der Waals surface area contributed by atoms with Gasteiger partial charge in [-0.25, -0.2) is 4.98 Å². The van der Waals surface area contributed by atoms with Gasteiger partial charge in [0.05, 0.1) is 18.3 Å². The van der Waals surface area contributed by atoms with Gasteiger partial charge in [0, 0.05) is 25.3 Å². The number of nitrogens with two attached hydrogens (primary N) is 1. The van der Waals surface area contributed by atoms with Crippen molar-refractivity contribution >= 4 is 5.82 Å². The largest absolute Gasteiger partial charge is 0.394 e. The first-order valence-electron chi connectivity index (χ1n) is 6.66. The third-order valence-corrected chi connectivity index (χ3v) is 3.30. The molecule has 1 aromatic rings. The van der Waals surface area contributed by atoms with Gasteiger partial charge < -0.3 is 20.5 Å². The summed E-state index contributed by atoms with van der Waals surface area (Å²) in [7, 11) is 0. The first-order chi connectivity index (χ1) is 8.91. The molecule has 0 aromatic carbocycles. The molecular formula is C14H23N3O2. The Balaban J connectivity index is 2.22. The Morgan fingerprint density at radius 1 is 1.63 bits per heavy atom. The second kappa shape index (κ2) is 5.45. The molecular weight excluding hydrogens is 242 g/mol. The van der Waals surface area contributed by atoms with E-state index in [1.807, 2.05) is 32.9 Å². The third-order valence-electron chi connectivity index (χ3n) is 3.30. The predicted octanol–water partition coefficient (Wildman–Crippen LogP) is 1.08. The van der Waals surface area contributed by atoms with E-state index in [4.69, 9.17) is 10.5 Å². The maximum Gasteiger partial charge on any atom is 0.128 e. The molecule has 0 saturated carbocycles. The summed E-state index contributed by atoms with van der Waals surface area (Å²) >= 11 is 0. The number of hydrogen-bond acceptors (Lipinski definition) is 5. The summed E-state index contributed by atoms with van der Waals surface area (Å²) in [6.07, 6.45) is 1.61. The molecule has 2 atom stereocenters. The molecule has 0 spiro atoms. The second-order valence-electron chi connectivity index (χ2n) is 5.80. The van der Waals surface area contributed by atoms with Crippen LogP contribution >= 0.6 is 0 Å². The van der Waals surface area contributed by atoms with Crippen molar-refractivity contribution in [2.75, 3.05) is 24.6 Å². The number of morpholine rings is 1. The molecule has 1 saturated heterocycles. The highest BCUT2D eigenvalue weighted by Gasteiger charge is 2.33. The van der Waals surface area contributed by atoms with Crippen molar-refractivity contribution < 1.29 is 9.84 Å². The van der Waals surface area contributed by atoms with Gasteiger partial charge in [-0.3, -0.25) is 0 Å². The number of aliphatic hydroxyl groups is 1. The zero-order valence-corrected chi connectivity index (χ0v) is 11.8. The van der Waals surface area contributed by atoms with E-state index in [0.717, 1.165) is 17.9 Å². The van der Waals surface area contributed by atoms with Crippen LogP contribution in [0.4, 0.5) is 5.82 Å². The molecule has 19 heavy (non-hydrogen) atoms. The van der Waals surface area contributed by atoms with Gasteiger partial charge in [-0.1, -0.05) is 0 Å². The molecule has 106 valence electrons. The van der Waals surface area contributed by atoms with Crippen molar-refractivity contribution in [1.29, 1.82) is 0 Å². The van der Waals surface area contributed by atoms with Gasteiger partial charge in [-0.2, -0.15) is 0 Å². The summed E-state index contributed by atoms with van der Waals surface area (Å²) in [5.74, 6) is 0.893. The van der Waals surface area contributed by atoms with Crippen LogP contribution in [0.5, 0.6) is 0 Å². The maximum atomic E-state index is 9.34. The highest BCUT2D eigenvalue weighted by Crippen LogP contribution is 2.25. The van der Waals surface area contributed by atoms with Crippen LogP contribution in [0.25, 0.3) is 0 Å². The standard InChI is InChI=1S/C14H23N3O2/c1-10(15)11-4-5-16-13(6-11)17-7-12(8-18)19-14(2,3)9-17/h4-6,10,12,18H,7-9,15H2,1-3H3/t10-,12?/m0/s1. The summed E-state index contributed by atoms with van der Waals surface area (Å²) in [5.41, 5.74) is 6.68. The molecule has 0 radical (unpaired) electrons. The van der Waals surface area contributed by atoms with Crippen molar-refractivity contribution in [3.8, 4) is 0 Å². The van der Waals surface area contributed by atoms with Crippen molar-refractivity contribution in [3.05, 3.63) is 23.9 Å². The molecule has 5 nitrogen and oxygen atoms in total. The van der Waals surface area contributed by atoms with E-state index in [2.05, 4.69) is 9.88 Å². The molecule has 3 N–H and O–H groups in total. The van der Waals surface area contributed by atoms with Crippen LogP contribution < -0.4 is 10.6 Å². The normalized spacial score (nSPS) is 24.3. The van der Waals surface area contributed by atoms with Crippen LogP contribution in [-0.4, -0.2) is 41.5 Å². The Morgan fingerprint density at radius 2 is 2.37 bits per heavy atom. The maximum absolute atomic E-state index is 9.34. The fraction of sp³-hybridized carbons (Fsp3) is 0.643. The fourth-order valence-corrected chi connectivity index (χ4v) is 2.46. The zero-order valence-electron chi connectivity index (χ0n) is 11.8. The minimum atomic E-state index is -0.294. The number of pyridine rings is 1. The van der Waals surface area contributed by atoms with Crippen LogP contribution in [-0.2, 0) is 4.74 Å². The van der Waals surface area contributed by atoms with Gasteiger partial charge >= 0.3 is 0 Å². The molecule has 5 heteroatoms. The summed E-state index contributed by atoms with van der Waals surface area (Å²) < 4.78 is 5.81. The molecule has 2 heterocycles. The number of ether oxygens (including phenoxy) is 1. The van der Waals surface area contributed by atoms with Crippen LogP contribution in [0.15, 0.2) is 18.3 Å². The lowest BCUT2D eigenvalue weighted by atomic mass is 10.0. The first kappa shape index (κ1) is 14.2. The van der Waals surface area contributed by atoms with Gasteiger partial charge in [0.2, 0.25) is 0 Å². The Hall–Kier alpha value is -1.17. The topological polar surface area (TPSA) is 71.6 Å². The highest BCUT2D eigenvalue weighted by molar-refractivity contribution is 5.43. The number of aliphatic hydroxyl groups excluding tert-OH is 1. The monoisotopic (exact) mass is 265 g/mol. The Labute approximate surface area is 114 Å². The smallest absolute Gasteiger partial charge is 0.128 e. The van der Waals surface area contributed by atoms with E-state index in [0.29, 0.717) is 6.54 Å². The SMILES string of the molecule is C[C@H](N)c1ccnc(N2CC(CO)OC(C)(C)C2)c1. The van der Waals surface area contributed by atoms with Gasteiger partial charge in [0.1, 0.15) is 5.82 Å². The van der Waals surface area contributed by atoms with E-state index in [9.17, 15) is 5.11 Å². The molecule has 1 fully saturated rings. The predicted molar refractivity (Wildman–Crippen MR) is 75.1 cm³/mol. The summed E-state index contributed by atoms with van der Waals surface area (Å²) in [6.45, 7) is 7.43. The van der Waals surface area contributed by atoms with Gasteiger partial charge in [0.25, 0.3) is 0 Å². The average Bonchev–Trinajstić information content (AvgIpc) is 2.37. The van der Waals surface area contributed by atoms with E-state index in [1.165, 1.54) is 0 Å². The molecule has 0 amide bonds. The molecule has 0 aliphatic carbocycles. The lowest BCUT2D eigenvalue weighted by Crippen LogP contribution is -2.54. The number of anilines is 1. The quantitative estimate of drug-likeness (QED) is 0.855. The third kappa shape index (κ3) is 3.43. The highest BCUT2D eigenvalue weighted by atomic mass is 16.5. The van der Waals surface area contributed by atoms with Crippen LogP contribution in [0.2, 0.25) is 0 Å². The van der Waals surface area contributed by atoms with E-state index in [-0.39, 0.29) is 24.4 Å². The summed E-state index contributed by atoms with van der Waals surface area (Å²) in [6, 6.07) is 3.94. The average molecular weight is 265 g/mol. The molecule has 1 aliphatic heterocycles. The van der Waals surface area contributed by atoms with Gasteiger partial charge in [-0.15, -0.1) is 0 Å². The van der Waals surface area contributed by atoms with Crippen molar-refractivity contribution in [2.45, 2.75) is 38.5 Å². The van der Waals surface area contributed by atoms with E-state index >= 15 is 0 Å². The van der Waals surface area contributed by atoms with Gasteiger partial charge in [-0.05, 0) is 38.5 Å². The number of rotatable bonds is 3. The minimum Gasteiger partial charge on any atom is -0.394 e. The van der Waals surface area contributed by atoms with Crippen molar-refractivity contribution in [2.24, 2.45) is 5.73 Å². The molecule has 2 rings (SSSR count). The minimum absolute atomic E-state index is 0.00978. The number of aromatic nitrogens is 1. The fourth-order valence-electron chi connectivity index (χ4n) is 2.46. The molecule has 0 bridgehead atoms. The number of nitrogens with zero attached hydrogens (tertiary/aromatic N) is 2. The Kier molecular flexibility index (Phi) is 4.08. The Morgan fingerprint density at radius 3 is 3.00 bits per heavy atom. The summed E-state index contributed by atoms with van der Waals surface area (Å²) in [4.78, 5) is 6.56. The molecule has 1 aromatic heterocycles. The van der Waals surface area contributed by atoms with Crippen molar-refractivity contribution in [1.82, 2.24) is 4.98 Å². The molecule has 1 unspecified atom stereocenters. The van der Waals surface area contributed by atoms with E-state index < -0.39 is 0 Å².